The van der Waals surface area contributed by atoms with Crippen LogP contribution in [0.2, 0.25) is 0 Å². The molecule has 2 aromatic rings. The van der Waals surface area contributed by atoms with Crippen LogP contribution in [0, 0.1) is 12.7 Å². The Morgan fingerprint density at radius 3 is 2.35 bits per heavy atom. The molecule has 0 saturated carbocycles. The molecule has 0 amide bonds. The van der Waals surface area contributed by atoms with Crippen LogP contribution < -0.4 is 5.32 Å². The topological polar surface area (TPSA) is 24.9 Å². The zero-order valence-corrected chi connectivity index (χ0v) is 12.4. The molecule has 1 atom stereocenters. The number of hydrogen-bond acceptors (Lipinski definition) is 2. The average Bonchev–Trinajstić information content (AvgIpc) is 2.40. The fraction of sp³-hybridized carbons (Fsp3) is 0.353. The number of aryl methyl sites for hydroxylation is 1. The minimum atomic E-state index is -0.206. The molecule has 1 unspecified atom stereocenters. The number of hydrogen-bond donors (Lipinski definition) is 1. The fourth-order valence-electron chi connectivity index (χ4n) is 2.73. The van der Waals surface area contributed by atoms with Gasteiger partial charge in [0, 0.05) is 23.9 Å². The van der Waals surface area contributed by atoms with Crippen LogP contribution in [0.5, 0.6) is 0 Å². The summed E-state index contributed by atoms with van der Waals surface area (Å²) in [6.07, 6.45) is 3.74. The van der Waals surface area contributed by atoms with E-state index < -0.39 is 0 Å². The van der Waals surface area contributed by atoms with Gasteiger partial charge in [-0.15, -0.1) is 0 Å². The zero-order chi connectivity index (χ0) is 14.8. The highest BCUT2D eigenvalue weighted by Crippen LogP contribution is 2.36. The zero-order valence-electron chi connectivity index (χ0n) is 12.4. The largest absolute Gasteiger partial charge is 0.312 e. The summed E-state index contributed by atoms with van der Waals surface area (Å²) in [5, 5.41) is 3.37. The number of halogens is 1. The van der Waals surface area contributed by atoms with E-state index in [0.29, 0.717) is 0 Å². The number of aromatic nitrogens is 1. The first-order chi connectivity index (χ1) is 9.45. The van der Waals surface area contributed by atoms with Crippen LogP contribution in [0.15, 0.2) is 42.7 Å². The van der Waals surface area contributed by atoms with Crippen molar-refractivity contribution in [1.29, 1.82) is 0 Å². The van der Waals surface area contributed by atoms with Gasteiger partial charge < -0.3 is 5.32 Å². The van der Waals surface area contributed by atoms with Crippen molar-refractivity contribution >= 4 is 0 Å². The fourth-order valence-corrected chi connectivity index (χ4v) is 2.73. The van der Waals surface area contributed by atoms with E-state index in [1.807, 2.05) is 38.5 Å². The normalized spacial score (nSPS) is 13.2. The predicted molar refractivity (Wildman–Crippen MR) is 80.2 cm³/mol. The van der Waals surface area contributed by atoms with E-state index >= 15 is 0 Å². The van der Waals surface area contributed by atoms with Crippen molar-refractivity contribution in [2.45, 2.75) is 32.2 Å². The Labute approximate surface area is 120 Å². The molecule has 1 heterocycles. The summed E-state index contributed by atoms with van der Waals surface area (Å²) in [6.45, 7) is 6.35. The molecule has 1 aromatic carbocycles. The van der Waals surface area contributed by atoms with E-state index in [9.17, 15) is 4.39 Å². The maximum atomic E-state index is 13.1. The minimum absolute atomic E-state index is 0.111. The predicted octanol–water partition coefficient (Wildman–Crippen LogP) is 3.77. The second-order valence-corrected chi connectivity index (χ2v) is 5.75. The van der Waals surface area contributed by atoms with Gasteiger partial charge in [-0.1, -0.05) is 32.0 Å². The monoisotopic (exact) mass is 272 g/mol. The van der Waals surface area contributed by atoms with Gasteiger partial charge in [0.25, 0.3) is 0 Å². The molecule has 106 valence electrons. The number of likely N-dealkylation sites (N-methyl/N-ethyl adjacent to an activating group) is 1. The molecule has 0 aliphatic heterocycles. The van der Waals surface area contributed by atoms with Crippen molar-refractivity contribution in [3.8, 4) is 0 Å². The Balaban J connectivity index is 2.41. The standard InChI is InChI=1S/C17H21FN2/c1-12-9-13(11-20-10-12)16(19-4)17(2,3)14-5-7-15(18)8-6-14/h5-11,16,19H,1-4H3. The van der Waals surface area contributed by atoms with Gasteiger partial charge in [0.1, 0.15) is 5.82 Å². The van der Waals surface area contributed by atoms with Crippen LogP contribution in [0.1, 0.15) is 36.6 Å². The summed E-state index contributed by atoms with van der Waals surface area (Å²) in [5.41, 5.74) is 3.21. The molecule has 2 rings (SSSR count). The number of rotatable bonds is 4. The molecule has 3 heteroatoms. The molecule has 1 N–H and O–H groups in total. The van der Waals surface area contributed by atoms with Crippen LogP contribution in [-0.4, -0.2) is 12.0 Å². The van der Waals surface area contributed by atoms with E-state index in [1.54, 1.807) is 0 Å². The van der Waals surface area contributed by atoms with E-state index in [2.05, 4.69) is 30.2 Å². The first-order valence-electron chi connectivity index (χ1n) is 6.80. The van der Waals surface area contributed by atoms with E-state index in [1.165, 1.54) is 12.1 Å². The van der Waals surface area contributed by atoms with Crippen molar-refractivity contribution in [1.82, 2.24) is 10.3 Å². The first-order valence-corrected chi connectivity index (χ1v) is 6.80. The molecule has 20 heavy (non-hydrogen) atoms. The lowest BCUT2D eigenvalue weighted by Crippen LogP contribution is -2.35. The second-order valence-electron chi connectivity index (χ2n) is 5.75. The summed E-state index contributed by atoms with van der Waals surface area (Å²) < 4.78 is 13.1. The Bertz CT molecular complexity index is 576. The number of benzene rings is 1. The second kappa shape index (κ2) is 5.71. The molecule has 0 fully saturated rings. The highest BCUT2D eigenvalue weighted by atomic mass is 19.1. The third-order valence-corrected chi connectivity index (χ3v) is 3.83. The maximum Gasteiger partial charge on any atom is 0.123 e. The Hall–Kier alpha value is -1.74. The van der Waals surface area contributed by atoms with Crippen molar-refractivity contribution in [3.05, 3.63) is 65.2 Å². The van der Waals surface area contributed by atoms with E-state index in [0.717, 1.165) is 16.7 Å². The molecule has 1 aromatic heterocycles. The molecular formula is C17H21FN2. The lowest BCUT2D eigenvalue weighted by Gasteiger charge is -2.35. The molecule has 2 nitrogen and oxygen atoms in total. The van der Waals surface area contributed by atoms with Gasteiger partial charge in [0.05, 0.1) is 0 Å². The molecular weight excluding hydrogens is 251 g/mol. The first kappa shape index (κ1) is 14.7. The van der Waals surface area contributed by atoms with Crippen LogP contribution in [0.25, 0.3) is 0 Å². The molecule has 0 bridgehead atoms. The lowest BCUT2D eigenvalue weighted by atomic mass is 9.75. The summed E-state index contributed by atoms with van der Waals surface area (Å²) in [6, 6.07) is 8.97. The van der Waals surface area contributed by atoms with E-state index in [-0.39, 0.29) is 17.3 Å². The summed E-state index contributed by atoms with van der Waals surface area (Å²) in [4.78, 5) is 4.27. The lowest BCUT2D eigenvalue weighted by molar-refractivity contribution is 0.367. The van der Waals surface area contributed by atoms with Crippen molar-refractivity contribution in [2.24, 2.45) is 0 Å². The third kappa shape index (κ3) is 2.88. The minimum Gasteiger partial charge on any atom is -0.312 e. The molecule has 0 aliphatic rings. The van der Waals surface area contributed by atoms with Crippen molar-refractivity contribution in [3.63, 3.8) is 0 Å². The summed E-state index contributed by atoms with van der Waals surface area (Å²) >= 11 is 0. The molecule has 0 radical (unpaired) electrons. The van der Waals surface area contributed by atoms with Gasteiger partial charge in [-0.05, 0) is 42.8 Å². The van der Waals surface area contributed by atoms with Crippen LogP contribution in [0.3, 0.4) is 0 Å². The molecule has 0 saturated heterocycles. The van der Waals surface area contributed by atoms with Crippen molar-refractivity contribution in [2.75, 3.05) is 7.05 Å². The van der Waals surface area contributed by atoms with E-state index in [4.69, 9.17) is 0 Å². The van der Waals surface area contributed by atoms with Gasteiger partial charge in [0.15, 0.2) is 0 Å². The SMILES string of the molecule is CNC(c1cncc(C)c1)C(C)(C)c1ccc(F)cc1. The quantitative estimate of drug-likeness (QED) is 0.916. The molecule has 0 spiro atoms. The molecule has 0 aliphatic carbocycles. The van der Waals surface area contributed by atoms with Crippen LogP contribution in [0.4, 0.5) is 4.39 Å². The summed E-state index contributed by atoms with van der Waals surface area (Å²) in [7, 11) is 1.94. The van der Waals surface area contributed by atoms with Crippen molar-refractivity contribution < 1.29 is 4.39 Å². The smallest absolute Gasteiger partial charge is 0.123 e. The average molecular weight is 272 g/mol. The van der Waals surface area contributed by atoms with Gasteiger partial charge in [-0.25, -0.2) is 4.39 Å². The number of nitrogens with zero attached hydrogens (tertiary/aromatic N) is 1. The highest BCUT2D eigenvalue weighted by Gasteiger charge is 2.31. The van der Waals surface area contributed by atoms with Crippen LogP contribution in [-0.2, 0) is 5.41 Å². The van der Waals surface area contributed by atoms with Gasteiger partial charge in [-0.3, -0.25) is 4.98 Å². The number of nitrogens with one attached hydrogen (secondary N) is 1. The maximum absolute atomic E-state index is 13.1. The number of pyridine rings is 1. The Kier molecular flexibility index (Phi) is 4.19. The van der Waals surface area contributed by atoms with Gasteiger partial charge in [0.2, 0.25) is 0 Å². The summed E-state index contributed by atoms with van der Waals surface area (Å²) in [5.74, 6) is -0.206. The van der Waals surface area contributed by atoms with Gasteiger partial charge >= 0.3 is 0 Å². The van der Waals surface area contributed by atoms with Gasteiger partial charge in [-0.2, -0.15) is 0 Å². The third-order valence-electron chi connectivity index (χ3n) is 3.83. The van der Waals surface area contributed by atoms with Crippen LogP contribution >= 0.6 is 0 Å². The Morgan fingerprint density at radius 1 is 1.15 bits per heavy atom. The highest BCUT2D eigenvalue weighted by molar-refractivity contribution is 5.32. The Morgan fingerprint density at radius 2 is 1.80 bits per heavy atom.